The standard InChI is InChI=1S/C15H17N5O/c16-14-7-6-13(17-18-14)15(21)20-10-8-19(9-11-20)12-4-2-1-3-5-12/h1-7H,8-11H2,(H2,16,18). The second-order valence-corrected chi connectivity index (χ2v) is 4.96. The predicted molar refractivity (Wildman–Crippen MR) is 81.0 cm³/mol. The summed E-state index contributed by atoms with van der Waals surface area (Å²) in [6, 6.07) is 13.4. The van der Waals surface area contributed by atoms with E-state index in [4.69, 9.17) is 5.73 Å². The fraction of sp³-hybridized carbons (Fsp3) is 0.267. The van der Waals surface area contributed by atoms with E-state index in [2.05, 4.69) is 27.2 Å². The molecule has 2 N–H and O–H groups in total. The van der Waals surface area contributed by atoms with Gasteiger partial charge in [0, 0.05) is 31.9 Å². The molecule has 1 amide bonds. The minimum absolute atomic E-state index is 0.0878. The van der Waals surface area contributed by atoms with E-state index in [1.165, 1.54) is 5.69 Å². The molecule has 1 fully saturated rings. The fourth-order valence-corrected chi connectivity index (χ4v) is 2.43. The zero-order valence-electron chi connectivity index (χ0n) is 11.6. The van der Waals surface area contributed by atoms with Gasteiger partial charge in [-0.25, -0.2) is 0 Å². The molecule has 0 spiro atoms. The van der Waals surface area contributed by atoms with Crippen LogP contribution in [-0.4, -0.2) is 47.2 Å². The van der Waals surface area contributed by atoms with Crippen molar-refractivity contribution in [1.29, 1.82) is 0 Å². The molecule has 0 atom stereocenters. The predicted octanol–water partition coefficient (Wildman–Crippen LogP) is 1.02. The van der Waals surface area contributed by atoms with Crippen LogP contribution in [0.2, 0.25) is 0 Å². The van der Waals surface area contributed by atoms with Crippen molar-refractivity contribution in [2.24, 2.45) is 0 Å². The Hall–Kier alpha value is -2.63. The van der Waals surface area contributed by atoms with Crippen LogP contribution in [0.15, 0.2) is 42.5 Å². The van der Waals surface area contributed by atoms with Gasteiger partial charge < -0.3 is 15.5 Å². The molecule has 0 radical (unpaired) electrons. The summed E-state index contributed by atoms with van der Waals surface area (Å²) in [5.74, 6) is 0.232. The SMILES string of the molecule is Nc1ccc(C(=O)N2CCN(c3ccccc3)CC2)nn1. The molecule has 6 heteroatoms. The summed E-state index contributed by atoms with van der Waals surface area (Å²) in [5.41, 5.74) is 7.02. The van der Waals surface area contributed by atoms with Crippen molar-refractivity contribution in [3.05, 3.63) is 48.2 Å². The number of nitrogens with two attached hydrogens (primary N) is 1. The van der Waals surface area contributed by atoms with Gasteiger partial charge in [-0.05, 0) is 24.3 Å². The first-order valence-electron chi connectivity index (χ1n) is 6.92. The summed E-state index contributed by atoms with van der Waals surface area (Å²) in [6.45, 7) is 3.00. The van der Waals surface area contributed by atoms with Crippen molar-refractivity contribution in [2.75, 3.05) is 36.8 Å². The minimum Gasteiger partial charge on any atom is -0.382 e. The Kier molecular flexibility index (Phi) is 3.68. The molecule has 108 valence electrons. The van der Waals surface area contributed by atoms with E-state index in [1.807, 2.05) is 18.2 Å². The van der Waals surface area contributed by atoms with Crippen molar-refractivity contribution in [2.45, 2.75) is 0 Å². The summed E-state index contributed by atoms with van der Waals surface area (Å²) in [7, 11) is 0. The minimum atomic E-state index is -0.0878. The molecular formula is C15H17N5O. The third-order valence-corrected chi connectivity index (χ3v) is 3.59. The molecule has 6 nitrogen and oxygen atoms in total. The topological polar surface area (TPSA) is 75.4 Å². The van der Waals surface area contributed by atoms with E-state index in [1.54, 1.807) is 17.0 Å². The number of nitrogen functional groups attached to an aromatic ring is 1. The van der Waals surface area contributed by atoms with Gasteiger partial charge in [0.1, 0.15) is 5.82 Å². The molecule has 21 heavy (non-hydrogen) atoms. The molecule has 0 unspecified atom stereocenters. The number of benzene rings is 1. The van der Waals surface area contributed by atoms with Crippen LogP contribution >= 0.6 is 0 Å². The summed E-state index contributed by atoms with van der Waals surface area (Å²) in [4.78, 5) is 16.4. The van der Waals surface area contributed by atoms with E-state index < -0.39 is 0 Å². The average Bonchev–Trinajstić information content (AvgIpc) is 2.56. The van der Waals surface area contributed by atoms with Crippen LogP contribution in [0.5, 0.6) is 0 Å². The highest BCUT2D eigenvalue weighted by Gasteiger charge is 2.23. The Labute approximate surface area is 123 Å². The number of aromatic nitrogens is 2. The highest BCUT2D eigenvalue weighted by Crippen LogP contribution is 2.16. The van der Waals surface area contributed by atoms with Crippen molar-refractivity contribution in [3.63, 3.8) is 0 Å². The maximum absolute atomic E-state index is 12.3. The first kappa shape index (κ1) is 13.4. The summed E-state index contributed by atoms with van der Waals surface area (Å²) in [5, 5.41) is 7.58. The summed E-state index contributed by atoms with van der Waals surface area (Å²) < 4.78 is 0. The largest absolute Gasteiger partial charge is 0.382 e. The smallest absolute Gasteiger partial charge is 0.274 e. The average molecular weight is 283 g/mol. The Morgan fingerprint density at radius 2 is 1.67 bits per heavy atom. The molecule has 0 saturated carbocycles. The van der Waals surface area contributed by atoms with Gasteiger partial charge in [0.2, 0.25) is 0 Å². The van der Waals surface area contributed by atoms with Gasteiger partial charge in [0.15, 0.2) is 5.69 Å². The first-order valence-corrected chi connectivity index (χ1v) is 6.92. The quantitative estimate of drug-likeness (QED) is 0.890. The van der Waals surface area contributed by atoms with Crippen LogP contribution in [0, 0.1) is 0 Å². The number of hydrogen-bond acceptors (Lipinski definition) is 5. The van der Waals surface area contributed by atoms with Gasteiger partial charge in [0.05, 0.1) is 0 Å². The lowest BCUT2D eigenvalue weighted by Gasteiger charge is -2.35. The third kappa shape index (κ3) is 2.94. The van der Waals surface area contributed by atoms with Crippen molar-refractivity contribution < 1.29 is 4.79 Å². The highest BCUT2D eigenvalue weighted by atomic mass is 16.2. The monoisotopic (exact) mass is 283 g/mol. The van der Waals surface area contributed by atoms with E-state index in [-0.39, 0.29) is 5.91 Å². The number of para-hydroxylation sites is 1. The van der Waals surface area contributed by atoms with Gasteiger partial charge in [0.25, 0.3) is 5.91 Å². The molecule has 2 aromatic rings. The molecular weight excluding hydrogens is 266 g/mol. The Morgan fingerprint density at radius 3 is 2.29 bits per heavy atom. The van der Waals surface area contributed by atoms with Gasteiger partial charge in [-0.1, -0.05) is 18.2 Å². The van der Waals surface area contributed by atoms with Crippen LogP contribution in [0.4, 0.5) is 11.5 Å². The molecule has 1 aromatic heterocycles. The van der Waals surface area contributed by atoms with Crippen molar-refractivity contribution >= 4 is 17.4 Å². The number of amides is 1. The third-order valence-electron chi connectivity index (χ3n) is 3.59. The van der Waals surface area contributed by atoms with Gasteiger partial charge in [-0.3, -0.25) is 4.79 Å². The van der Waals surface area contributed by atoms with E-state index in [0.717, 1.165) is 13.1 Å². The first-order chi connectivity index (χ1) is 10.2. The van der Waals surface area contributed by atoms with Crippen LogP contribution in [-0.2, 0) is 0 Å². The summed E-state index contributed by atoms with van der Waals surface area (Å²) >= 11 is 0. The molecule has 1 aliphatic rings. The second-order valence-electron chi connectivity index (χ2n) is 4.96. The molecule has 0 aliphatic carbocycles. The Bertz CT molecular complexity index is 606. The van der Waals surface area contributed by atoms with E-state index in [9.17, 15) is 4.79 Å². The van der Waals surface area contributed by atoms with Crippen molar-refractivity contribution in [3.8, 4) is 0 Å². The zero-order valence-corrected chi connectivity index (χ0v) is 11.6. The van der Waals surface area contributed by atoms with Crippen LogP contribution in [0.3, 0.4) is 0 Å². The Balaban J connectivity index is 1.63. The number of carbonyl (C=O) groups excluding carboxylic acids is 1. The number of carbonyl (C=O) groups is 1. The maximum Gasteiger partial charge on any atom is 0.274 e. The number of nitrogens with zero attached hydrogens (tertiary/aromatic N) is 4. The van der Waals surface area contributed by atoms with E-state index >= 15 is 0 Å². The molecule has 1 aliphatic heterocycles. The fourth-order valence-electron chi connectivity index (χ4n) is 2.43. The molecule has 1 saturated heterocycles. The number of piperazine rings is 1. The van der Waals surface area contributed by atoms with Crippen LogP contribution in [0.1, 0.15) is 10.5 Å². The molecule has 0 bridgehead atoms. The number of anilines is 2. The van der Waals surface area contributed by atoms with Crippen molar-refractivity contribution in [1.82, 2.24) is 15.1 Å². The van der Waals surface area contributed by atoms with Gasteiger partial charge in [-0.15, -0.1) is 10.2 Å². The second kappa shape index (κ2) is 5.78. The summed E-state index contributed by atoms with van der Waals surface area (Å²) in [6.07, 6.45) is 0. The zero-order chi connectivity index (χ0) is 14.7. The van der Waals surface area contributed by atoms with Gasteiger partial charge in [-0.2, -0.15) is 0 Å². The highest BCUT2D eigenvalue weighted by molar-refractivity contribution is 5.92. The number of hydrogen-bond donors (Lipinski definition) is 1. The molecule has 2 heterocycles. The Morgan fingerprint density at radius 1 is 0.952 bits per heavy atom. The number of rotatable bonds is 2. The lowest BCUT2D eigenvalue weighted by molar-refractivity contribution is 0.0739. The molecule has 1 aromatic carbocycles. The normalized spacial score (nSPS) is 15.0. The van der Waals surface area contributed by atoms with Crippen LogP contribution < -0.4 is 10.6 Å². The van der Waals surface area contributed by atoms with Gasteiger partial charge >= 0.3 is 0 Å². The van der Waals surface area contributed by atoms with E-state index in [0.29, 0.717) is 24.6 Å². The lowest BCUT2D eigenvalue weighted by Crippen LogP contribution is -2.49. The maximum atomic E-state index is 12.3. The lowest BCUT2D eigenvalue weighted by atomic mass is 10.2. The molecule has 3 rings (SSSR count). The van der Waals surface area contributed by atoms with Crippen LogP contribution in [0.25, 0.3) is 0 Å².